The number of carbonyl (C=O) groups excluding carboxylic acids is 1. The highest BCUT2D eigenvalue weighted by Gasteiger charge is 2.33. The Hall–Kier alpha value is -2.30. The van der Waals surface area contributed by atoms with E-state index in [1.165, 1.54) is 30.3 Å². The van der Waals surface area contributed by atoms with Crippen molar-refractivity contribution >= 4 is 33.2 Å². The number of rotatable bonds is 8. The minimum atomic E-state index is -4.65. The van der Waals surface area contributed by atoms with Gasteiger partial charge in [0.1, 0.15) is 5.75 Å². The average molecular weight is 465 g/mol. The number of amides is 1. The standard InChI is InChI=1S/C19H20ClF3N2O4S/c1-3-12(2)25-30(27,28)15-7-5-14(6-8-15)29-11-18(26)24-13-4-9-17(20)16(10-13)19(21,22)23/h4-10,12,25H,3,11H2,1-2H3,(H,24,26)/t12-/m1/s1. The van der Waals surface area contributed by atoms with E-state index in [1.807, 2.05) is 6.92 Å². The highest BCUT2D eigenvalue weighted by Crippen LogP contribution is 2.36. The third-order valence-electron chi connectivity index (χ3n) is 4.03. The van der Waals surface area contributed by atoms with Gasteiger partial charge in [0.2, 0.25) is 10.0 Å². The number of ether oxygens (including phenoxy) is 1. The van der Waals surface area contributed by atoms with E-state index in [1.54, 1.807) is 6.92 Å². The van der Waals surface area contributed by atoms with Crippen molar-refractivity contribution in [3.8, 4) is 5.75 Å². The molecule has 6 nitrogen and oxygen atoms in total. The molecule has 0 aromatic heterocycles. The lowest BCUT2D eigenvalue weighted by Crippen LogP contribution is -2.31. The second kappa shape index (κ2) is 9.67. The SMILES string of the molecule is CC[C@@H](C)NS(=O)(=O)c1ccc(OCC(=O)Nc2ccc(Cl)c(C(F)(F)F)c2)cc1. The number of anilines is 1. The molecule has 0 bridgehead atoms. The Balaban J connectivity index is 1.97. The molecule has 11 heteroatoms. The van der Waals surface area contributed by atoms with Crippen LogP contribution < -0.4 is 14.8 Å². The molecular weight excluding hydrogens is 445 g/mol. The van der Waals surface area contributed by atoms with Crippen molar-refractivity contribution in [2.75, 3.05) is 11.9 Å². The first-order valence-electron chi connectivity index (χ1n) is 8.84. The number of carbonyl (C=O) groups is 1. The van der Waals surface area contributed by atoms with E-state index in [9.17, 15) is 26.4 Å². The largest absolute Gasteiger partial charge is 0.484 e. The lowest BCUT2D eigenvalue weighted by molar-refractivity contribution is -0.137. The topological polar surface area (TPSA) is 84.5 Å². The number of benzene rings is 2. The van der Waals surface area contributed by atoms with Gasteiger partial charge in [-0.25, -0.2) is 13.1 Å². The van der Waals surface area contributed by atoms with Crippen LogP contribution in [0.3, 0.4) is 0 Å². The summed E-state index contributed by atoms with van der Waals surface area (Å²) in [4.78, 5) is 12.0. The molecule has 2 N–H and O–H groups in total. The quantitative estimate of drug-likeness (QED) is 0.604. The lowest BCUT2D eigenvalue weighted by atomic mass is 10.2. The molecule has 0 saturated heterocycles. The van der Waals surface area contributed by atoms with Crippen molar-refractivity contribution in [1.82, 2.24) is 4.72 Å². The fraction of sp³-hybridized carbons (Fsp3) is 0.316. The van der Waals surface area contributed by atoms with Crippen molar-refractivity contribution < 1.29 is 31.1 Å². The monoisotopic (exact) mass is 464 g/mol. The summed E-state index contributed by atoms with van der Waals surface area (Å²) in [6.45, 7) is 3.11. The molecule has 1 amide bonds. The van der Waals surface area contributed by atoms with Gasteiger partial charge in [-0.3, -0.25) is 4.79 Å². The van der Waals surface area contributed by atoms with Crippen LogP contribution in [0.15, 0.2) is 47.4 Å². The van der Waals surface area contributed by atoms with E-state index >= 15 is 0 Å². The fourth-order valence-corrected chi connectivity index (χ4v) is 3.85. The van der Waals surface area contributed by atoms with Crippen molar-refractivity contribution in [1.29, 1.82) is 0 Å². The molecule has 0 saturated carbocycles. The van der Waals surface area contributed by atoms with Gasteiger partial charge in [-0.05, 0) is 55.8 Å². The summed E-state index contributed by atoms with van der Waals surface area (Å²) < 4.78 is 70.8. The van der Waals surface area contributed by atoms with Crippen LogP contribution in [0.4, 0.5) is 18.9 Å². The van der Waals surface area contributed by atoms with E-state index < -0.39 is 39.3 Å². The number of alkyl halides is 3. The zero-order valence-corrected chi connectivity index (χ0v) is 17.7. The molecule has 0 aliphatic rings. The van der Waals surface area contributed by atoms with Crippen molar-refractivity contribution in [2.45, 2.75) is 37.4 Å². The van der Waals surface area contributed by atoms with Crippen molar-refractivity contribution in [3.63, 3.8) is 0 Å². The average Bonchev–Trinajstić information content (AvgIpc) is 2.67. The molecule has 0 aliphatic heterocycles. The van der Waals surface area contributed by atoms with Crippen LogP contribution in [-0.4, -0.2) is 27.0 Å². The fourth-order valence-electron chi connectivity index (χ4n) is 2.30. The molecule has 0 radical (unpaired) electrons. The molecule has 30 heavy (non-hydrogen) atoms. The van der Waals surface area contributed by atoms with Crippen molar-refractivity contribution in [3.05, 3.63) is 53.1 Å². The van der Waals surface area contributed by atoms with Gasteiger partial charge in [-0.2, -0.15) is 13.2 Å². The summed E-state index contributed by atoms with van der Waals surface area (Å²) >= 11 is 5.53. The molecule has 2 aromatic rings. The number of halogens is 4. The second-order valence-electron chi connectivity index (χ2n) is 6.43. The normalized spacial score (nSPS) is 13.0. The highest BCUT2D eigenvalue weighted by atomic mass is 35.5. The van der Waals surface area contributed by atoms with Gasteiger partial charge in [0.15, 0.2) is 6.61 Å². The molecule has 164 valence electrons. The molecule has 0 heterocycles. The summed E-state index contributed by atoms with van der Waals surface area (Å²) in [5.41, 5.74) is -1.15. The van der Waals surface area contributed by atoms with Gasteiger partial charge in [0, 0.05) is 11.7 Å². The molecule has 0 fully saturated rings. The first-order chi connectivity index (χ1) is 13.9. The molecule has 2 aromatic carbocycles. The zero-order chi connectivity index (χ0) is 22.5. The Bertz CT molecular complexity index is 996. The second-order valence-corrected chi connectivity index (χ2v) is 8.55. The third-order valence-corrected chi connectivity index (χ3v) is 5.96. The summed E-state index contributed by atoms with van der Waals surface area (Å²) in [5.74, 6) is -0.472. The molecule has 0 spiro atoms. The van der Waals surface area contributed by atoms with Gasteiger partial charge >= 0.3 is 6.18 Å². The number of nitrogens with one attached hydrogen (secondary N) is 2. The van der Waals surface area contributed by atoms with Crippen LogP contribution in [0.2, 0.25) is 5.02 Å². The van der Waals surface area contributed by atoms with Gasteiger partial charge < -0.3 is 10.1 Å². The Morgan fingerprint density at radius 2 is 1.80 bits per heavy atom. The lowest BCUT2D eigenvalue weighted by Gasteiger charge is -2.13. The van der Waals surface area contributed by atoms with Crippen LogP contribution in [0.25, 0.3) is 0 Å². The highest BCUT2D eigenvalue weighted by molar-refractivity contribution is 7.89. The summed E-state index contributed by atoms with van der Waals surface area (Å²) in [6, 6.07) is 8.18. The first-order valence-corrected chi connectivity index (χ1v) is 10.7. The smallest absolute Gasteiger partial charge is 0.417 e. The zero-order valence-electron chi connectivity index (χ0n) is 16.1. The number of hydrogen-bond donors (Lipinski definition) is 2. The van der Waals surface area contributed by atoms with Gasteiger partial charge in [-0.15, -0.1) is 0 Å². The Labute approximate surface area is 177 Å². The van der Waals surface area contributed by atoms with Gasteiger partial charge in [0.05, 0.1) is 15.5 Å². The predicted octanol–water partition coefficient (Wildman–Crippen LogP) is 4.45. The maximum atomic E-state index is 12.9. The van der Waals surface area contributed by atoms with Crippen LogP contribution in [-0.2, 0) is 21.0 Å². The minimum Gasteiger partial charge on any atom is -0.484 e. The van der Waals surface area contributed by atoms with E-state index in [4.69, 9.17) is 16.3 Å². The molecule has 1 atom stereocenters. The minimum absolute atomic E-state index is 0.0421. The molecule has 0 aliphatic carbocycles. The maximum Gasteiger partial charge on any atom is 0.417 e. The van der Waals surface area contributed by atoms with Crippen molar-refractivity contribution in [2.24, 2.45) is 0 Å². The summed E-state index contributed by atoms with van der Waals surface area (Å²) in [6.07, 6.45) is -4.02. The third kappa shape index (κ3) is 6.61. The first kappa shape index (κ1) is 24.0. The Morgan fingerprint density at radius 1 is 1.17 bits per heavy atom. The molecule has 0 unspecified atom stereocenters. The van der Waals surface area contributed by atoms with Crippen LogP contribution in [0.5, 0.6) is 5.75 Å². The molecule has 2 rings (SSSR count). The van der Waals surface area contributed by atoms with Crippen LogP contribution in [0, 0.1) is 0 Å². The maximum absolute atomic E-state index is 12.9. The predicted molar refractivity (Wildman–Crippen MR) is 107 cm³/mol. The Morgan fingerprint density at radius 3 is 2.37 bits per heavy atom. The van der Waals surface area contributed by atoms with E-state index in [-0.39, 0.29) is 22.4 Å². The number of sulfonamides is 1. The number of hydrogen-bond acceptors (Lipinski definition) is 4. The van der Waals surface area contributed by atoms with E-state index in [2.05, 4.69) is 10.0 Å². The Kier molecular flexibility index (Phi) is 7.73. The van der Waals surface area contributed by atoms with E-state index in [0.717, 1.165) is 12.1 Å². The molecular formula is C19H20ClF3N2O4S. The summed E-state index contributed by atoms with van der Waals surface area (Å²) in [5, 5.41) is 1.81. The van der Waals surface area contributed by atoms with Gasteiger partial charge in [-0.1, -0.05) is 18.5 Å². The van der Waals surface area contributed by atoms with Gasteiger partial charge in [0.25, 0.3) is 5.91 Å². The van der Waals surface area contributed by atoms with Crippen LogP contribution in [0.1, 0.15) is 25.8 Å². The summed E-state index contributed by atoms with van der Waals surface area (Å²) in [7, 11) is -3.67. The van der Waals surface area contributed by atoms with Crippen LogP contribution >= 0.6 is 11.6 Å². The van der Waals surface area contributed by atoms with E-state index in [0.29, 0.717) is 6.42 Å².